The minimum Gasteiger partial charge on any atom is -0.492 e. The number of hydrogen-bond donors (Lipinski definition) is 1. The predicted molar refractivity (Wildman–Crippen MR) is 65.5 cm³/mol. The Balaban J connectivity index is 2.26. The van der Waals surface area contributed by atoms with E-state index in [0.29, 0.717) is 6.61 Å². The van der Waals surface area contributed by atoms with Gasteiger partial charge in [-0.3, -0.25) is 4.98 Å². The summed E-state index contributed by atoms with van der Waals surface area (Å²) < 4.78 is 5.51. The highest BCUT2D eigenvalue weighted by molar-refractivity contribution is 5.60. The number of ether oxygens (including phenoxy) is 1. The summed E-state index contributed by atoms with van der Waals surface area (Å²) in [6.45, 7) is 2.74. The molecule has 2 aromatic rings. The lowest BCUT2D eigenvalue weighted by molar-refractivity contribution is 0.316. The quantitative estimate of drug-likeness (QED) is 0.868. The number of nitrogens with two attached hydrogens (primary N) is 1. The number of hydrogen-bond acceptors (Lipinski definition) is 5. The highest BCUT2D eigenvalue weighted by Crippen LogP contribution is 2.20. The molecule has 5 nitrogen and oxygen atoms in total. The third-order valence-electron chi connectivity index (χ3n) is 2.16. The smallest absolute Gasteiger partial charge is 0.220 e. The molecule has 0 spiro atoms. The molecule has 0 unspecified atom stereocenters. The molecule has 0 saturated heterocycles. The lowest BCUT2D eigenvalue weighted by Gasteiger charge is -2.06. The predicted octanol–water partition coefficient (Wildman–Crippen LogP) is 1.91. The van der Waals surface area contributed by atoms with E-state index in [0.717, 1.165) is 23.4 Å². The first kappa shape index (κ1) is 11.3. The molecule has 0 saturated carbocycles. The Hall–Kier alpha value is -2.17. The molecule has 2 N–H and O–H groups in total. The third kappa shape index (κ3) is 2.90. The van der Waals surface area contributed by atoms with E-state index in [4.69, 9.17) is 10.5 Å². The fraction of sp³-hybridized carbons (Fsp3) is 0.250. The molecule has 0 aliphatic carbocycles. The van der Waals surface area contributed by atoms with Crippen LogP contribution in [-0.2, 0) is 0 Å². The van der Waals surface area contributed by atoms with Gasteiger partial charge >= 0.3 is 0 Å². The number of pyridine rings is 1. The second-order valence-electron chi connectivity index (χ2n) is 3.56. The minimum atomic E-state index is 0.252. The van der Waals surface area contributed by atoms with Gasteiger partial charge in [-0.2, -0.15) is 0 Å². The highest BCUT2D eigenvalue weighted by Gasteiger charge is 2.03. The Labute approximate surface area is 99.7 Å². The molecule has 5 heteroatoms. The summed E-state index contributed by atoms with van der Waals surface area (Å²) in [5.41, 5.74) is 7.15. The Morgan fingerprint density at radius 2 is 2.24 bits per heavy atom. The second-order valence-corrected chi connectivity index (χ2v) is 3.56. The molecular weight excluding hydrogens is 216 g/mol. The Bertz CT molecular complexity index is 501. The Morgan fingerprint density at radius 1 is 1.35 bits per heavy atom. The summed E-state index contributed by atoms with van der Waals surface area (Å²) in [6, 6.07) is 3.68. The fourth-order valence-electron chi connectivity index (χ4n) is 1.39. The maximum absolute atomic E-state index is 5.54. The van der Waals surface area contributed by atoms with Gasteiger partial charge in [0.25, 0.3) is 0 Å². The zero-order valence-corrected chi connectivity index (χ0v) is 9.63. The van der Waals surface area contributed by atoms with Gasteiger partial charge in [-0.25, -0.2) is 9.97 Å². The molecule has 0 bridgehead atoms. The summed E-state index contributed by atoms with van der Waals surface area (Å²) in [5.74, 6) is 0.990. The number of rotatable bonds is 4. The van der Waals surface area contributed by atoms with Crippen LogP contribution in [0, 0.1) is 0 Å². The van der Waals surface area contributed by atoms with E-state index in [2.05, 4.69) is 21.9 Å². The summed E-state index contributed by atoms with van der Waals surface area (Å²) in [4.78, 5) is 12.1. The molecule has 0 radical (unpaired) electrons. The van der Waals surface area contributed by atoms with Gasteiger partial charge in [0, 0.05) is 18.0 Å². The summed E-state index contributed by atoms with van der Waals surface area (Å²) in [6.07, 6.45) is 5.99. The van der Waals surface area contributed by atoms with Crippen molar-refractivity contribution in [2.24, 2.45) is 0 Å². The summed E-state index contributed by atoms with van der Waals surface area (Å²) in [5, 5.41) is 0. The van der Waals surface area contributed by atoms with E-state index in [1.807, 2.05) is 6.07 Å². The molecule has 0 aliphatic rings. The number of aromatic nitrogens is 3. The maximum atomic E-state index is 5.54. The van der Waals surface area contributed by atoms with Crippen molar-refractivity contribution in [3.8, 4) is 17.0 Å². The summed E-state index contributed by atoms with van der Waals surface area (Å²) >= 11 is 0. The average Bonchev–Trinajstić information content (AvgIpc) is 2.37. The molecule has 0 amide bonds. The van der Waals surface area contributed by atoms with Crippen LogP contribution in [0.5, 0.6) is 5.75 Å². The zero-order valence-electron chi connectivity index (χ0n) is 9.63. The van der Waals surface area contributed by atoms with Crippen LogP contribution in [0.1, 0.15) is 13.3 Å². The second kappa shape index (κ2) is 5.25. The van der Waals surface area contributed by atoms with Crippen LogP contribution in [0.4, 0.5) is 5.95 Å². The van der Waals surface area contributed by atoms with E-state index in [1.54, 1.807) is 24.7 Å². The first-order valence-electron chi connectivity index (χ1n) is 5.46. The molecule has 0 fully saturated rings. The average molecular weight is 230 g/mol. The number of nitrogens with zero attached hydrogens (tertiary/aromatic N) is 3. The molecule has 0 aromatic carbocycles. The lowest BCUT2D eigenvalue weighted by atomic mass is 10.2. The maximum Gasteiger partial charge on any atom is 0.220 e. The van der Waals surface area contributed by atoms with Crippen LogP contribution in [0.2, 0.25) is 0 Å². The van der Waals surface area contributed by atoms with Gasteiger partial charge in [0.1, 0.15) is 5.75 Å². The number of nitrogen functional groups attached to an aromatic ring is 1. The van der Waals surface area contributed by atoms with Gasteiger partial charge in [0.2, 0.25) is 5.95 Å². The van der Waals surface area contributed by atoms with E-state index in [1.165, 1.54) is 0 Å². The molecular formula is C12H14N4O. The largest absolute Gasteiger partial charge is 0.492 e. The van der Waals surface area contributed by atoms with Crippen molar-refractivity contribution in [2.75, 3.05) is 12.3 Å². The van der Waals surface area contributed by atoms with Gasteiger partial charge in [-0.05, 0) is 18.6 Å². The highest BCUT2D eigenvalue weighted by atomic mass is 16.5. The van der Waals surface area contributed by atoms with Crippen LogP contribution < -0.4 is 10.5 Å². The van der Waals surface area contributed by atoms with Crippen molar-refractivity contribution >= 4 is 5.95 Å². The monoisotopic (exact) mass is 230 g/mol. The van der Waals surface area contributed by atoms with Crippen molar-refractivity contribution < 1.29 is 4.74 Å². The normalized spacial score (nSPS) is 10.2. The van der Waals surface area contributed by atoms with Gasteiger partial charge in [0.05, 0.1) is 18.5 Å². The van der Waals surface area contributed by atoms with Crippen molar-refractivity contribution in [1.29, 1.82) is 0 Å². The Kier molecular flexibility index (Phi) is 3.49. The van der Waals surface area contributed by atoms with Gasteiger partial charge in [-0.1, -0.05) is 6.92 Å². The third-order valence-corrected chi connectivity index (χ3v) is 2.16. The van der Waals surface area contributed by atoms with Crippen molar-refractivity contribution in [3.05, 3.63) is 30.7 Å². The van der Waals surface area contributed by atoms with Crippen molar-refractivity contribution in [1.82, 2.24) is 15.0 Å². The zero-order chi connectivity index (χ0) is 12.1. The Morgan fingerprint density at radius 3 is 3.00 bits per heavy atom. The first-order chi connectivity index (χ1) is 8.29. The van der Waals surface area contributed by atoms with Crippen LogP contribution in [0.3, 0.4) is 0 Å². The molecule has 0 aliphatic heterocycles. The molecule has 17 heavy (non-hydrogen) atoms. The van der Waals surface area contributed by atoms with E-state index >= 15 is 0 Å². The minimum absolute atomic E-state index is 0.252. The topological polar surface area (TPSA) is 73.9 Å². The number of anilines is 1. The molecule has 2 rings (SSSR count). The van der Waals surface area contributed by atoms with Crippen LogP contribution in [0.25, 0.3) is 11.3 Å². The van der Waals surface area contributed by atoms with Gasteiger partial charge in [-0.15, -0.1) is 0 Å². The van der Waals surface area contributed by atoms with Crippen LogP contribution >= 0.6 is 0 Å². The first-order valence-corrected chi connectivity index (χ1v) is 5.46. The molecule has 0 atom stereocenters. The summed E-state index contributed by atoms with van der Waals surface area (Å²) in [7, 11) is 0. The standard InChI is InChI=1S/C12H14N4O/c1-2-5-17-10-6-9(7-14-8-10)11-3-4-15-12(13)16-11/h3-4,6-8H,2,5H2,1H3,(H2,13,15,16). The molecule has 88 valence electrons. The SMILES string of the molecule is CCCOc1cncc(-c2ccnc(N)n2)c1. The van der Waals surface area contributed by atoms with Gasteiger partial charge < -0.3 is 10.5 Å². The fourth-order valence-corrected chi connectivity index (χ4v) is 1.39. The molecule has 2 aromatic heterocycles. The van der Waals surface area contributed by atoms with Crippen molar-refractivity contribution in [2.45, 2.75) is 13.3 Å². The molecule has 2 heterocycles. The van der Waals surface area contributed by atoms with Gasteiger partial charge in [0.15, 0.2) is 0 Å². The van der Waals surface area contributed by atoms with Crippen LogP contribution in [-0.4, -0.2) is 21.6 Å². The van der Waals surface area contributed by atoms with Crippen molar-refractivity contribution in [3.63, 3.8) is 0 Å². The van der Waals surface area contributed by atoms with E-state index in [9.17, 15) is 0 Å². The van der Waals surface area contributed by atoms with E-state index in [-0.39, 0.29) is 5.95 Å². The lowest BCUT2D eigenvalue weighted by Crippen LogP contribution is -1.97. The van der Waals surface area contributed by atoms with Crippen LogP contribution in [0.15, 0.2) is 30.7 Å². The van der Waals surface area contributed by atoms with E-state index < -0.39 is 0 Å².